The summed E-state index contributed by atoms with van der Waals surface area (Å²) in [6.45, 7) is 0. The monoisotopic (exact) mass is 282 g/mol. The quantitative estimate of drug-likeness (QED) is 0.536. The fraction of sp³-hybridized carbons (Fsp3) is 0. The molecule has 7 heteroatoms. The lowest BCUT2D eigenvalue weighted by Crippen LogP contribution is -1.95. The van der Waals surface area contributed by atoms with Crippen LogP contribution in [0.4, 0.5) is 0 Å². The van der Waals surface area contributed by atoms with Gasteiger partial charge in [-0.1, -0.05) is 11.6 Å². The van der Waals surface area contributed by atoms with Crippen molar-refractivity contribution in [1.82, 2.24) is 29.8 Å². The fourth-order valence-electron chi connectivity index (χ4n) is 2.05. The molecule has 0 unspecified atom stereocenters. The molecule has 0 saturated heterocycles. The summed E-state index contributed by atoms with van der Waals surface area (Å²) in [4.78, 5) is 8.52. The Kier molecular flexibility index (Phi) is 2.37. The highest BCUT2D eigenvalue weighted by molar-refractivity contribution is 6.29. The van der Waals surface area contributed by atoms with Crippen molar-refractivity contribution in [3.63, 3.8) is 0 Å². The van der Waals surface area contributed by atoms with E-state index in [0.717, 1.165) is 16.6 Å². The van der Waals surface area contributed by atoms with Crippen molar-refractivity contribution >= 4 is 28.3 Å². The predicted molar refractivity (Wildman–Crippen MR) is 74.3 cm³/mol. The molecule has 20 heavy (non-hydrogen) atoms. The van der Waals surface area contributed by atoms with Crippen molar-refractivity contribution in [2.75, 3.05) is 0 Å². The predicted octanol–water partition coefficient (Wildman–Crippen LogP) is 2.39. The van der Waals surface area contributed by atoms with Crippen molar-refractivity contribution in [1.29, 1.82) is 0 Å². The van der Waals surface area contributed by atoms with Crippen LogP contribution in [0.1, 0.15) is 0 Å². The summed E-state index contributed by atoms with van der Waals surface area (Å²) >= 11 is 5.92. The Morgan fingerprint density at radius 2 is 1.75 bits per heavy atom. The van der Waals surface area contributed by atoms with Gasteiger partial charge < -0.3 is 0 Å². The van der Waals surface area contributed by atoms with Crippen molar-refractivity contribution in [2.24, 2.45) is 0 Å². The lowest BCUT2D eigenvalue weighted by Gasteiger charge is -2.01. The molecule has 4 rings (SSSR count). The zero-order chi connectivity index (χ0) is 13.5. The Labute approximate surface area is 118 Å². The van der Waals surface area contributed by atoms with Gasteiger partial charge in [-0.15, -0.1) is 10.2 Å². The van der Waals surface area contributed by atoms with Crippen LogP contribution >= 0.6 is 11.6 Å². The topological polar surface area (TPSA) is 68.9 Å². The smallest absolute Gasteiger partial charge is 0.185 e. The van der Waals surface area contributed by atoms with Gasteiger partial charge in [0.1, 0.15) is 5.15 Å². The third-order valence-electron chi connectivity index (χ3n) is 2.96. The van der Waals surface area contributed by atoms with Crippen LogP contribution in [0.3, 0.4) is 0 Å². The molecule has 0 bridgehead atoms. The Morgan fingerprint density at radius 3 is 2.65 bits per heavy atom. The number of hydrogen-bond donors (Lipinski definition) is 0. The molecule has 0 atom stereocenters. The third kappa shape index (κ3) is 1.70. The van der Waals surface area contributed by atoms with Gasteiger partial charge in [-0.05, 0) is 30.3 Å². The van der Waals surface area contributed by atoms with Gasteiger partial charge in [0.15, 0.2) is 11.5 Å². The molecule has 0 N–H and O–H groups in total. The first kappa shape index (κ1) is 11.2. The van der Waals surface area contributed by atoms with Gasteiger partial charge in [-0.25, -0.2) is 0 Å². The molecule has 0 radical (unpaired) electrons. The van der Waals surface area contributed by atoms with Crippen LogP contribution in [0.2, 0.25) is 5.15 Å². The highest BCUT2D eigenvalue weighted by atomic mass is 35.5. The van der Waals surface area contributed by atoms with Crippen LogP contribution in [0.5, 0.6) is 0 Å². The molecule has 0 saturated carbocycles. The molecule has 0 spiro atoms. The van der Waals surface area contributed by atoms with Crippen LogP contribution in [-0.2, 0) is 0 Å². The van der Waals surface area contributed by atoms with Crippen LogP contribution < -0.4 is 0 Å². The third-order valence-corrected chi connectivity index (χ3v) is 3.16. The van der Waals surface area contributed by atoms with Crippen molar-refractivity contribution < 1.29 is 0 Å². The van der Waals surface area contributed by atoms with Crippen LogP contribution in [0.15, 0.2) is 42.7 Å². The number of hydrogen-bond acceptors (Lipinski definition) is 5. The highest BCUT2D eigenvalue weighted by Gasteiger charge is 2.10. The van der Waals surface area contributed by atoms with E-state index in [0.29, 0.717) is 16.6 Å². The molecule has 96 valence electrons. The van der Waals surface area contributed by atoms with Gasteiger partial charge in [0.25, 0.3) is 0 Å². The maximum absolute atomic E-state index is 5.92. The van der Waals surface area contributed by atoms with Crippen molar-refractivity contribution in [3.8, 4) is 11.4 Å². The van der Waals surface area contributed by atoms with E-state index in [4.69, 9.17) is 11.6 Å². The molecule has 0 aliphatic carbocycles. The second kappa shape index (κ2) is 4.21. The maximum Gasteiger partial charge on any atom is 0.185 e. The minimum atomic E-state index is 0.388. The minimum Gasteiger partial charge on any atom is -0.253 e. The SMILES string of the molecule is Clc1ccc2nnc(-c3ccc4nccnc4c3)n2n1. The molecule has 0 aliphatic heterocycles. The maximum atomic E-state index is 5.92. The number of rotatable bonds is 1. The second-order valence-corrected chi connectivity index (χ2v) is 4.60. The Hall–Kier alpha value is -2.60. The lowest BCUT2D eigenvalue weighted by molar-refractivity contribution is 0.936. The number of nitrogens with zero attached hydrogens (tertiary/aromatic N) is 6. The van der Waals surface area contributed by atoms with Gasteiger partial charge in [-0.2, -0.15) is 9.61 Å². The summed E-state index contributed by atoms with van der Waals surface area (Å²) in [7, 11) is 0. The number of fused-ring (bicyclic) bond motifs is 2. The number of aromatic nitrogens is 6. The fourth-order valence-corrected chi connectivity index (χ4v) is 2.19. The van der Waals surface area contributed by atoms with E-state index < -0.39 is 0 Å². The van der Waals surface area contributed by atoms with Crippen molar-refractivity contribution in [3.05, 3.63) is 47.9 Å². The van der Waals surface area contributed by atoms with Crippen LogP contribution in [0.25, 0.3) is 28.1 Å². The second-order valence-electron chi connectivity index (χ2n) is 4.21. The van der Waals surface area contributed by atoms with Crippen molar-refractivity contribution in [2.45, 2.75) is 0 Å². The summed E-state index contributed by atoms with van der Waals surface area (Å²) < 4.78 is 1.61. The van der Waals surface area contributed by atoms with Gasteiger partial charge in [0, 0.05) is 18.0 Å². The molecule has 0 amide bonds. The Morgan fingerprint density at radius 1 is 0.900 bits per heavy atom. The molecular formula is C13H7ClN6. The molecule has 0 aliphatic rings. The first-order valence-corrected chi connectivity index (χ1v) is 6.28. The van der Waals surface area contributed by atoms with E-state index in [-0.39, 0.29) is 0 Å². The average Bonchev–Trinajstić information content (AvgIpc) is 2.89. The summed E-state index contributed by atoms with van der Waals surface area (Å²) in [6.07, 6.45) is 3.32. The standard InChI is InChI=1S/C13H7ClN6/c14-11-3-4-12-17-18-13(20(12)19-11)8-1-2-9-10(7-8)16-6-5-15-9/h1-7H. The lowest BCUT2D eigenvalue weighted by atomic mass is 10.2. The highest BCUT2D eigenvalue weighted by Crippen LogP contribution is 2.21. The summed E-state index contributed by atoms with van der Waals surface area (Å²) in [6, 6.07) is 9.16. The number of halogens is 1. The molecule has 1 aromatic carbocycles. The van der Waals surface area contributed by atoms with Gasteiger partial charge in [0.05, 0.1) is 11.0 Å². The van der Waals surface area contributed by atoms with Gasteiger partial charge in [-0.3, -0.25) is 9.97 Å². The van der Waals surface area contributed by atoms with E-state index in [1.165, 1.54) is 0 Å². The van der Waals surface area contributed by atoms with E-state index in [1.807, 2.05) is 18.2 Å². The zero-order valence-electron chi connectivity index (χ0n) is 10.1. The molecule has 3 aromatic heterocycles. The van der Waals surface area contributed by atoms with Gasteiger partial charge >= 0.3 is 0 Å². The largest absolute Gasteiger partial charge is 0.253 e. The zero-order valence-corrected chi connectivity index (χ0v) is 10.9. The Balaban J connectivity index is 1.98. The minimum absolute atomic E-state index is 0.388. The van der Waals surface area contributed by atoms with Gasteiger partial charge in [0.2, 0.25) is 0 Å². The van der Waals surface area contributed by atoms with Crippen LogP contribution in [0, 0.1) is 0 Å². The molecule has 3 heterocycles. The molecular weight excluding hydrogens is 276 g/mol. The normalized spacial score (nSPS) is 11.2. The summed E-state index contributed by atoms with van der Waals surface area (Å²) in [5.74, 6) is 0.620. The molecule has 6 nitrogen and oxygen atoms in total. The number of benzene rings is 1. The molecule has 4 aromatic rings. The van der Waals surface area contributed by atoms with E-state index in [1.54, 1.807) is 29.0 Å². The van der Waals surface area contributed by atoms with E-state index in [2.05, 4.69) is 25.3 Å². The molecule has 0 fully saturated rings. The Bertz CT molecular complexity index is 932. The first-order chi connectivity index (χ1) is 9.81. The van der Waals surface area contributed by atoms with E-state index >= 15 is 0 Å². The summed E-state index contributed by atoms with van der Waals surface area (Å²) in [5, 5.41) is 12.8. The first-order valence-electron chi connectivity index (χ1n) is 5.90. The van der Waals surface area contributed by atoms with Crippen LogP contribution in [-0.4, -0.2) is 29.8 Å². The summed E-state index contributed by atoms with van der Waals surface area (Å²) in [5.41, 5.74) is 3.13. The van der Waals surface area contributed by atoms with E-state index in [9.17, 15) is 0 Å². The average molecular weight is 283 g/mol.